The summed E-state index contributed by atoms with van der Waals surface area (Å²) in [6.07, 6.45) is 3.49. The molecule has 0 aliphatic rings. The molecular weight excluding hydrogens is 352 g/mol. The normalized spacial score (nSPS) is 11.9. The molecule has 4 rings (SSSR count). The number of rotatable bonds is 4. The van der Waals surface area contributed by atoms with Crippen LogP contribution in [0.2, 0.25) is 0 Å². The monoisotopic (exact) mass is 368 g/mol. The zero-order valence-corrected chi connectivity index (χ0v) is 14.8. The van der Waals surface area contributed by atoms with E-state index in [0.717, 1.165) is 33.2 Å². The number of methoxy groups -OCH3 is 1. The summed E-state index contributed by atoms with van der Waals surface area (Å²) in [6.45, 7) is 0.539. The van der Waals surface area contributed by atoms with Crippen LogP contribution in [0.25, 0.3) is 21.9 Å². The second-order valence-corrected chi connectivity index (χ2v) is 7.50. The molecular formula is C18H16N4O3S. The average Bonchev–Trinajstić information content (AvgIpc) is 3.04. The van der Waals surface area contributed by atoms with Crippen molar-refractivity contribution in [2.24, 2.45) is 5.14 Å². The van der Waals surface area contributed by atoms with Crippen molar-refractivity contribution in [3.63, 3.8) is 0 Å². The van der Waals surface area contributed by atoms with Crippen LogP contribution in [-0.4, -0.2) is 30.1 Å². The van der Waals surface area contributed by atoms with Crippen molar-refractivity contribution in [1.29, 1.82) is 0 Å². The number of imidazole rings is 1. The van der Waals surface area contributed by atoms with Crippen LogP contribution in [0.4, 0.5) is 0 Å². The third kappa shape index (κ3) is 2.89. The van der Waals surface area contributed by atoms with E-state index in [9.17, 15) is 8.42 Å². The molecule has 0 fully saturated rings. The molecule has 0 aliphatic heterocycles. The van der Waals surface area contributed by atoms with Crippen LogP contribution in [0.3, 0.4) is 0 Å². The van der Waals surface area contributed by atoms with Gasteiger partial charge in [-0.05, 0) is 35.9 Å². The van der Waals surface area contributed by atoms with Gasteiger partial charge in [0.1, 0.15) is 11.3 Å². The molecule has 0 bridgehead atoms. The van der Waals surface area contributed by atoms with Crippen LogP contribution in [-0.2, 0) is 16.6 Å². The van der Waals surface area contributed by atoms with E-state index < -0.39 is 10.0 Å². The molecule has 2 N–H and O–H groups in total. The van der Waals surface area contributed by atoms with Gasteiger partial charge >= 0.3 is 0 Å². The van der Waals surface area contributed by atoms with Crippen molar-refractivity contribution in [3.8, 4) is 5.75 Å². The van der Waals surface area contributed by atoms with Crippen molar-refractivity contribution in [2.75, 3.05) is 7.11 Å². The summed E-state index contributed by atoms with van der Waals surface area (Å²) in [6, 6.07) is 12.2. The van der Waals surface area contributed by atoms with Crippen molar-refractivity contribution in [3.05, 3.63) is 60.6 Å². The number of nitrogens with zero attached hydrogens (tertiary/aromatic N) is 3. The highest BCUT2D eigenvalue weighted by Crippen LogP contribution is 2.27. The molecule has 0 unspecified atom stereocenters. The number of hydrogen-bond donors (Lipinski definition) is 1. The van der Waals surface area contributed by atoms with Crippen molar-refractivity contribution in [2.45, 2.75) is 11.4 Å². The minimum atomic E-state index is -3.69. The second-order valence-electron chi connectivity index (χ2n) is 5.94. The molecule has 0 spiro atoms. The minimum Gasteiger partial charge on any atom is -0.497 e. The smallest absolute Gasteiger partial charge is 0.238 e. The van der Waals surface area contributed by atoms with Crippen molar-refractivity contribution in [1.82, 2.24) is 14.5 Å². The first-order valence-corrected chi connectivity index (χ1v) is 9.40. The molecule has 2 heterocycles. The summed E-state index contributed by atoms with van der Waals surface area (Å²) in [4.78, 5) is 8.95. The van der Waals surface area contributed by atoms with Crippen molar-refractivity contribution >= 4 is 32.0 Å². The standard InChI is InChI=1S/C18H16N4O3S/c1-25-13-4-7-16-15(8-13)18-17(9-20-16)21-11-22(18)10-12-2-5-14(6-3-12)26(19,23)24/h2-9,11H,10H2,1H3,(H2,19,23,24). The number of nitrogens with two attached hydrogens (primary N) is 1. The quantitative estimate of drug-likeness (QED) is 0.596. The van der Waals surface area contributed by atoms with Crippen LogP contribution in [0, 0.1) is 0 Å². The van der Waals surface area contributed by atoms with E-state index in [-0.39, 0.29) is 4.90 Å². The van der Waals surface area contributed by atoms with Gasteiger partial charge in [0.05, 0.1) is 35.6 Å². The second kappa shape index (κ2) is 6.08. The number of sulfonamides is 1. The molecule has 132 valence electrons. The Morgan fingerprint density at radius 2 is 1.85 bits per heavy atom. The van der Waals surface area contributed by atoms with Gasteiger partial charge in [-0.1, -0.05) is 12.1 Å². The Morgan fingerprint density at radius 1 is 1.08 bits per heavy atom. The molecule has 26 heavy (non-hydrogen) atoms. The molecule has 8 heteroatoms. The molecule has 0 atom stereocenters. The number of hydrogen-bond acceptors (Lipinski definition) is 5. The summed E-state index contributed by atoms with van der Waals surface area (Å²) in [5.74, 6) is 0.747. The van der Waals surface area contributed by atoms with E-state index in [1.807, 2.05) is 22.8 Å². The van der Waals surface area contributed by atoms with Gasteiger partial charge in [-0.25, -0.2) is 18.5 Å². The number of benzene rings is 2. The number of primary sulfonamides is 1. The van der Waals surface area contributed by atoms with Crippen LogP contribution in [0.5, 0.6) is 5.75 Å². The Labute approximate surface area is 150 Å². The maximum absolute atomic E-state index is 11.4. The Balaban J connectivity index is 1.80. The fraction of sp³-hybridized carbons (Fsp3) is 0.111. The largest absolute Gasteiger partial charge is 0.497 e. The van der Waals surface area contributed by atoms with E-state index in [1.54, 1.807) is 31.8 Å². The van der Waals surface area contributed by atoms with Gasteiger partial charge in [0.15, 0.2) is 0 Å². The zero-order chi connectivity index (χ0) is 18.3. The lowest BCUT2D eigenvalue weighted by molar-refractivity contribution is 0.415. The first-order valence-electron chi connectivity index (χ1n) is 7.85. The first-order chi connectivity index (χ1) is 12.5. The third-order valence-corrected chi connectivity index (χ3v) is 5.18. The van der Waals surface area contributed by atoms with Gasteiger partial charge in [0, 0.05) is 11.9 Å². The molecule has 2 aromatic heterocycles. The fourth-order valence-electron chi connectivity index (χ4n) is 2.96. The Hall–Kier alpha value is -2.97. The predicted molar refractivity (Wildman–Crippen MR) is 98.5 cm³/mol. The van der Waals surface area contributed by atoms with Gasteiger partial charge < -0.3 is 9.30 Å². The van der Waals surface area contributed by atoms with E-state index in [0.29, 0.717) is 6.54 Å². The maximum Gasteiger partial charge on any atom is 0.238 e. The van der Waals surface area contributed by atoms with E-state index >= 15 is 0 Å². The third-order valence-electron chi connectivity index (χ3n) is 4.26. The molecule has 0 amide bonds. The topological polar surface area (TPSA) is 100 Å². The number of pyridine rings is 1. The average molecular weight is 368 g/mol. The van der Waals surface area contributed by atoms with Gasteiger partial charge in [0.25, 0.3) is 0 Å². The molecule has 0 saturated carbocycles. The van der Waals surface area contributed by atoms with Crippen LogP contribution < -0.4 is 9.88 Å². The van der Waals surface area contributed by atoms with Gasteiger partial charge in [-0.2, -0.15) is 0 Å². The highest BCUT2D eigenvalue weighted by molar-refractivity contribution is 7.89. The Bertz CT molecular complexity index is 1210. The molecule has 2 aromatic carbocycles. The van der Waals surface area contributed by atoms with Gasteiger partial charge in [-0.3, -0.25) is 4.98 Å². The lowest BCUT2D eigenvalue weighted by Crippen LogP contribution is -2.12. The van der Waals surface area contributed by atoms with Crippen LogP contribution in [0.1, 0.15) is 5.56 Å². The molecule has 0 radical (unpaired) electrons. The van der Waals surface area contributed by atoms with E-state index in [4.69, 9.17) is 9.88 Å². The minimum absolute atomic E-state index is 0.0936. The summed E-state index contributed by atoms with van der Waals surface area (Å²) >= 11 is 0. The van der Waals surface area contributed by atoms with E-state index in [1.165, 1.54) is 12.1 Å². The summed E-state index contributed by atoms with van der Waals surface area (Å²) in [5, 5.41) is 6.09. The maximum atomic E-state index is 11.4. The molecule has 0 aliphatic carbocycles. The Kier molecular flexibility index (Phi) is 3.86. The van der Waals surface area contributed by atoms with Gasteiger partial charge in [-0.15, -0.1) is 0 Å². The van der Waals surface area contributed by atoms with Crippen LogP contribution in [0.15, 0.2) is 59.9 Å². The molecule has 4 aromatic rings. The summed E-state index contributed by atoms with van der Waals surface area (Å²) < 4.78 is 30.1. The molecule has 7 nitrogen and oxygen atoms in total. The Morgan fingerprint density at radius 3 is 2.54 bits per heavy atom. The SMILES string of the molecule is COc1ccc2ncc3ncn(Cc4ccc(S(N)(=O)=O)cc4)c3c2c1. The lowest BCUT2D eigenvalue weighted by Gasteiger charge is -2.08. The summed E-state index contributed by atoms with van der Waals surface area (Å²) in [5.41, 5.74) is 3.52. The predicted octanol–water partition coefficient (Wildman–Crippen LogP) is 2.29. The van der Waals surface area contributed by atoms with Gasteiger partial charge in [0.2, 0.25) is 10.0 Å². The van der Waals surface area contributed by atoms with Crippen LogP contribution >= 0.6 is 0 Å². The first kappa shape index (κ1) is 16.5. The number of fused-ring (bicyclic) bond motifs is 3. The fourth-order valence-corrected chi connectivity index (χ4v) is 3.48. The number of aromatic nitrogens is 3. The van der Waals surface area contributed by atoms with E-state index in [2.05, 4.69) is 9.97 Å². The zero-order valence-electron chi connectivity index (χ0n) is 14.0. The van der Waals surface area contributed by atoms with Crippen molar-refractivity contribution < 1.29 is 13.2 Å². The highest BCUT2D eigenvalue weighted by atomic mass is 32.2. The lowest BCUT2D eigenvalue weighted by atomic mass is 10.1. The number of ether oxygens (including phenoxy) is 1. The molecule has 0 saturated heterocycles. The summed E-state index contributed by atoms with van der Waals surface area (Å²) in [7, 11) is -2.07. The highest BCUT2D eigenvalue weighted by Gasteiger charge is 2.11.